The number of benzene rings is 1. The highest BCUT2D eigenvalue weighted by atomic mass is 16.5. The summed E-state index contributed by atoms with van der Waals surface area (Å²) in [4.78, 5) is 0. The summed E-state index contributed by atoms with van der Waals surface area (Å²) in [5, 5.41) is 3.65. The van der Waals surface area contributed by atoms with Crippen LogP contribution in [-0.2, 0) is 0 Å². The average Bonchev–Trinajstić information content (AvgIpc) is 2.38. The van der Waals surface area contributed by atoms with Crippen molar-refractivity contribution >= 4 is 0 Å². The molecule has 2 heteroatoms. The molecular formula is C17H29NO. The summed E-state index contributed by atoms with van der Waals surface area (Å²) in [6, 6.07) is 8.98. The van der Waals surface area contributed by atoms with E-state index in [1.165, 1.54) is 31.2 Å². The van der Waals surface area contributed by atoms with Crippen molar-refractivity contribution in [3.63, 3.8) is 0 Å². The third-order valence-electron chi connectivity index (χ3n) is 3.12. The second-order valence-corrected chi connectivity index (χ2v) is 5.39. The fourth-order valence-corrected chi connectivity index (χ4v) is 2.19. The Hall–Kier alpha value is -1.02. The van der Waals surface area contributed by atoms with Crippen LogP contribution in [0, 0.1) is 0 Å². The van der Waals surface area contributed by atoms with Crippen molar-refractivity contribution in [2.24, 2.45) is 0 Å². The molecule has 0 saturated heterocycles. The van der Waals surface area contributed by atoms with Crippen LogP contribution in [0.4, 0.5) is 0 Å². The van der Waals surface area contributed by atoms with Crippen molar-refractivity contribution < 1.29 is 4.74 Å². The summed E-state index contributed by atoms with van der Waals surface area (Å²) in [6.45, 7) is 9.66. The second-order valence-electron chi connectivity index (χ2n) is 5.39. The van der Waals surface area contributed by atoms with Crippen molar-refractivity contribution in [1.82, 2.24) is 5.32 Å². The van der Waals surface area contributed by atoms with Gasteiger partial charge in [0.25, 0.3) is 0 Å². The van der Waals surface area contributed by atoms with Gasteiger partial charge in [-0.3, -0.25) is 0 Å². The molecule has 0 aliphatic rings. The number of nitrogens with one attached hydrogen (secondary N) is 1. The normalized spacial score (nSPS) is 12.7. The van der Waals surface area contributed by atoms with Gasteiger partial charge in [-0.2, -0.15) is 0 Å². The lowest BCUT2D eigenvalue weighted by Crippen LogP contribution is -2.22. The maximum atomic E-state index is 5.79. The molecular weight excluding hydrogens is 234 g/mol. The van der Waals surface area contributed by atoms with Crippen LogP contribution in [0.1, 0.15) is 65.0 Å². The van der Waals surface area contributed by atoms with Crippen molar-refractivity contribution in [1.29, 1.82) is 0 Å². The van der Waals surface area contributed by atoms with Crippen LogP contribution in [0.3, 0.4) is 0 Å². The Kier molecular flexibility index (Phi) is 7.57. The largest absolute Gasteiger partial charge is 0.491 e. The Morgan fingerprint density at radius 3 is 2.58 bits per heavy atom. The van der Waals surface area contributed by atoms with E-state index < -0.39 is 0 Å². The molecule has 0 bridgehead atoms. The molecule has 0 aliphatic carbocycles. The minimum Gasteiger partial charge on any atom is -0.491 e. The van der Waals surface area contributed by atoms with Gasteiger partial charge < -0.3 is 10.1 Å². The zero-order chi connectivity index (χ0) is 14.1. The van der Waals surface area contributed by atoms with Crippen LogP contribution in [0.25, 0.3) is 0 Å². The molecule has 1 aromatic carbocycles. The third kappa shape index (κ3) is 6.11. The van der Waals surface area contributed by atoms with E-state index in [4.69, 9.17) is 4.74 Å². The van der Waals surface area contributed by atoms with E-state index in [2.05, 4.69) is 51.2 Å². The summed E-state index contributed by atoms with van der Waals surface area (Å²) in [5.74, 6) is 0.979. The highest BCUT2D eigenvalue weighted by Gasteiger charge is 2.11. The van der Waals surface area contributed by atoms with Gasteiger partial charge in [0.15, 0.2) is 0 Å². The summed E-state index contributed by atoms with van der Waals surface area (Å²) < 4.78 is 5.79. The maximum Gasteiger partial charge on any atom is 0.120 e. The van der Waals surface area contributed by atoms with Crippen LogP contribution in [0.15, 0.2) is 24.3 Å². The molecule has 0 aliphatic heterocycles. The third-order valence-corrected chi connectivity index (χ3v) is 3.12. The molecule has 0 saturated carbocycles. The van der Waals surface area contributed by atoms with Crippen molar-refractivity contribution in [3.05, 3.63) is 29.8 Å². The summed E-state index contributed by atoms with van der Waals surface area (Å²) >= 11 is 0. The van der Waals surface area contributed by atoms with Gasteiger partial charge in [-0.05, 0) is 50.9 Å². The lowest BCUT2D eigenvalue weighted by atomic mass is 10.0. The average molecular weight is 263 g/mol. The van der Waals surface area contributed by atoms with E-state index in [0.717, 1.165) is 12.3 Å². The van der Waals surface area contributed by atoms with E-state index in [0.29, 0.717) is 6.04 Å². The number of unbranched alkanes of at least 4 members (excludes halogenated alkanes) is 1. The van der Waals surface area contributed by atoms with Crippen LogP contribution < -0.4 is 10.1 Å². The number of ether oxygens (including phenoxy) is 1. The lowest BCUT2D eigenvalue weighted by Gasteiger charge is -2.20. The maximum absolute atomic E-state index is 5.79. The molecule has 0 fully saturated rings. The highest BCUT2D eigenvalue weighted by molar-refractivity contribution is 5.30. The van der Waals surface area contributed by atoms with Crippen LogP contribution in [0.5, 0.6) is 5.75 Å². The quantitative estimate of drug-likeness (QED) is 0.697. The molecule has 1 unspecified atom stereocenters. The van der Waals surface area contributed by atoms with Gasteiger partial charge in [0.2, 0.25) is 0 Å². The Bertz CT molecular complexity index is 341. The molecule has 1 N–H and O–H groups in total. The van der Waals surface area contributed by atoms with Gasteiger partial charge in [-0.15, -0.1) is 0 Å². The molecule has 108 valence electrons. The van der Waals surface area contributed by atoms with Gasteiger partial charge in [-0.25, -0.2) is 0 Å². The first-order chi connectivity index (χ1) is 9.17. The molecule has 0 amide bonds. The summed E-state index contributed by atoms with van der Waals surface area (Å²) in [6.07, 6.45) is 5.10. The molecule has 0 radical (unpaired) electrons. The van der Waals surface area contributed by atoms with Crippen molar-refractivity contribution in [2.75, 3.05) is 6.54 Å². The number of hydrogen-bond acceptors (Lipinski definition) is 2. The molecule has 1 aromatic rings. The number of hydrogen-bond donors (Lipinski definition) is 1. The molecule has 0 heterocycles. The molecule has 1 atom stereocenters. The molecule has 0 aromatic heterocycles. The Morgan fingerprint density at radius 2 is 1.95 bits per heavy atom. The first-order valence-electron chi connectivity index (χ1n) is 7.67. The van der Waals surface area contributed by atoms with E-state index in [-0.39, 0.29) is 6.10 Å². The monoisotopic (exact) mass is 263 g/mol. The fourth-order valence-electron chi connectivity index (χ4n) is 2.19. The first-order valence-corrected chi connectivity index (χ1v) is 7.67. The van der Waals surface area contributed by atoms with Crippen molar-refractivity contribution in [3.8, 4) is 5.75 Å². The predicted octanol–water partition coefficient (Wildman–Crippen LogP) is 4.70. The van der Waals surface area contributed by atoms with Gasteiger partial charge in [0.1, 0.15) is 5.75 Å². The lowest BCUT2D eigenvalue weighted by molar-refractivity contribution is 0.242. The Labute approximate surface area is 118 Å². The van der Waals surface area contributed by atoms with Crippen molar-refractivity contribution in [2.45, 2.75) is 65.5 Å². The van der Waals surface area contributed by atoms with Gasteiger partial charge in [-0.1, -0.05) is 38.8 Å². The van der Waals surface area contributed by atoms with E-state index in [9.17, 15) is 0 Å². The summed E-state index contributed by atoms with van der Waals surface area (Å²) in [7, 11) is 0. The summed E-state index contributed by atoms with van der Waals surface area (Å²) in [5.41, 5.74) is 1.35. The molecule has 2 nitrogen and oxygen atoms in total. The minimum atomic E-state index is 0.230. The zero-order valence-electron chi connectivity index (χ0n) is 12.9. The Balaban J connectivity index is 2.75. The standard InChI is InChI=1S/C17H29NO/c1-5-7-11-17(18-12-6-2)15-9-8-10-16(13-15)19-14(3)4/h8-10,13-14,17-18H,5-7,11-12H2,1-4H3. The van der Waals surface area contributed by atoms with Crippen LogP contribution in [-0.4, -0.2) is 12.6 Å². The van der Waals surface area contributed by atoms with E-state index in [1.807, 2.05) is 6.07 Å². The predicted molar refractivity (Wildman–Crippen MR) is 82.8 cm³/mol. The second kappa shape index (κ2) is 8.98. The molecule has 0 spiro atoms. The smallest absolute Gasteiger partial charge is 0.120 e. The number of rotatable bonds is 9. The molecule has 1 rings (SSSR count). The highest BCUT2D eigenvalue weighted by Crippen LogP contribution is 2.24. The molecule has 19 heavy (non-hydrogen) atoms. The van der Waals surface area contributed by atoms with Gasteiger partial charge >= 0.3 is 0 Å². The fraction of sp³-hybridized carbons (Fsp3) is 0.647. The van der Waals surface area contributed by atoms with Gasteiger partial charge in [0, 0.05) is 6.04 Å². The van der Waals surface area contributed by atoms with Crippen LogP contribution in [0.2, 0.25) is 0 Å². The minimum absolute atomic E-state index is 0.230. The zero-order valence-corrected chi connectivity index (χ0v) is 12.9. The van der Waals surface area contributed by atoms with Crippen LogP contribution >= 0.6 is 0 Å². The topological polar surface area (TPSA) is 21.3 Å². The Morgan fingerprint density at radius 1 is 1.16 bits per heavy atom. The van der Waals surface area contributed by atoms with E-state index >= 15 is 0 Å². The SMILES string of the molecule is CCCCC(NCCC)c1cccc(OC(C)C)c1. The van der Waals surface area contributed by atoms with E-state index in [1.54, 1.807) is 0 Å². The first kappa shape index (κ1) is 16.0. The van der Waals surface area contributed by atoms with Gasteiger partial charge in [0.05, 0.1) is 6.10 Å².